The van der Waals surface area contributed by atoms with Crippen LogP contribution in [0, 0.1) is 0 Å². The number of rotatable bonds is 6. The minimum Gasteiger partial charge on any atom is -0.444 e. The molecule has 1 amide bonds. The maximum absolute atomic E-state index is 11.9. The summed E-state index contributed by atoms with van der Waals surface area (Å²) < 4.78 is 31.4. The van der Waals surface area contributed by atoms with Crippen LogP contribution in [0.25, 0.3) is 0 Å². The first kappa shape index (κ1) is 18.3. The molecule has 0 saturated heterocycles. The van der Waals surface area contributed by atoms with Gasteiger partial charge in [-0.2, -0.15) is 0 Å². The number of carbonyl (C=O) groups excluding carboxylic acids is 1. The summed E-state index contributed by atoms with van der Waals surface area (Å²) in [5, 5.41) is 2.62. The summed E-state index contributed by atoms with van der Waals surface area (Å²) in [6.45, 7) is 7.31. The van der Waals surface area contributed by atoms with Crippen molar-refractivity contribution in [2.75, 3.05) is 10.5 Å². The van der Waals surface area contributed by atoms with Gasteiger partial charge >= 0.3 is 6.09 Å². The zero-order chi connectivity index (χ0) is 16.8. The summed E-state index contributed by atoms with van der Waals surface area (Å²) >= 11 is 0. The lowest BCUT2D eigenvalue weighted by Gasteiger charge is -2.20. The van der Waals surface area contributed by atoms with E-state index in [1.807, 2.05) is 0 Å². The van der Waals surface area contributed by atoms with E-state index in [0.717, 1.165) is 0 Å². The monoisotopic (exact) mass is 328 g/mol. The first-order chi connectivity index (χ1) is 10.1. The largest absolute Gasteiger partial charge is 0.444 e. The maximum atomic E-state index is 11.9. The van der Waals surface area contributed by atoms with E-state index in [0.29, 0.717) is 17.7 Å². The Balaban J connectivity index is 2.74. The average Bonchev–Trinajstić information content (AvgIpc) is 2.35. The topological polar surface area (TPSA) is 84.5 Å². The number of hydrogen-bond donors (Lipinski definition) is 2. The molecule has 1 aromatic carbocycles. The van der Waals surface area contributed by atoms with Gasteiger partial charge in [-0.25, -0.2) is 13.2 Å². The third-order valence-electron chi connectivity index (χ3n) is 2.58. The molecule has 0 aliphatic rings. The Morgan fingerprint density at radius 2 is 1.86 bits per heavy atom. The van der Waals surface area contributed by atoms with E-state index < -0.39 is 21.7 Å². The Morgan fingerprint density at radius 3 is 2.45 bits per heavy atom. The van der Waals surface area contributed by atoms with Gasteiger partial charge in [0.25, 0.3) is 0 Å². The van der Waals surface area contributed by atoms with Crippen molar-refractivity contribution in [3.63, 3.8) is 0 Å². The number of benzene rings is 1. The van der Waals surface area contributed by atoms with Crippen molar-refractivity contribution in [1.82, 2.24) is 5.32 Å². The molecule has 7 heteroatoms. The van der Waals surface area contributed by atoms with E-state index in [1.165, 1.54) is 0 Å². The number of carbonyl (C=O) groups is 1. The molecule has 0 aliphatic heterocycles. The van der Waals surface area contributed by atoms with Crippen LogP contribution in [0.15, 0.2) is 24.3 Å². The van der Waals surface area contributed by atoms with Gasteiger partial charge in [0.15, 0.2) is 0 Å². The Bertz CT molecular complexity index is 606. The van der Waals surface area contributed by atoms with Crippen LogP contribution in [0.1, 0.15) is 39.7 Å². The Hall–Kier alpha value is -1.76. The number of sulfonamides is 1. The molecule has 0 heterocycles. The predicted octanol–water partition coefficient (Wildman–Crippen LogP) is 2.86. The van der Waals surface area contributed by atoms with E-state index in [4.69, 9.17) is 4.74 Å². The molecule has 1 rings (SSSR count). The van der Waals surface area contributed by atoms with Crippen LogP contribution in [0.5, 0.6) is 0 Å². The van der Waals surface area contributed by atoms with Crippen molar-refractivity contribution in [2.45, 2.75) is 46.3 Å². The van der Waals surface area contributed by atoms with Gasteiger partial charge in [0, 0.05) is 6.54 Å². The summed E-state index contributed by atoms with van der Waals surface area (Å²) in [5.41, 5.74) is 0.562. The normalized spacial score (nSPS) is 11.8. The highest BCUT2D eigenvalue weighted by Gasteiger charge is 2.17. The Kier molecular flexibility index (Phi) is 6.22. The number of anilines is 1. The van der Waals surface area contributed by atoms with E-state index in [-0.39, 0.29) is 12.3 Å². The van der Waals surface area contributed by atoms with Crippen LogP contribution < -0.4 is 10.0 Å². The molecule has 6 nitrogen and oxygen atoms in total. The van der Waals surface area contributed by atoms with Crippen molar-refractivity contribution in [2.24, 2.45) is 0 Å². The fraction of sp³-hybridized carbons (Fsp3) is 0.533. The van der Waals surface area contributed by atoms with Gasteiger partial charge in [0.2, 0.25) is 10.0 Å². The lowest BCUT2D eigenvalue weighted by Crippen LogP contribution is -2.32. The molecule has 0 aliphatic carbocycles. The summed E-state index contributed by atoms with van der Waals surface area (Å²) in [6.07, 6.45) is -0.00748. The van der Waals surface area contributed by atoms with E-state index in [9.17, 15) is 13.2 Å². The van der Waals surface area contributed by atoms with E-state index in [2.05, 4.69) is 10.0 Å². The molecule has 1 aromatic rings. The van der Waals surface area contributed by atoms with E-state index >= 15 is 0 Å². The summed E-state index contributed by atoms with van der Waals surface area (Å²) in [6, 6.07) is 6.94. The second-order valence-electron chi connectivity index (χ2n) is 5.93. The molecule has 0 bridgehead atoms. The van der Waals surface area contributed by atoms with Crippen LogP contribution in [-0.4, -0.2) is 25.9 Å². The molecule has 2 N–H and O–H groups in total. The van der Waals surface area contributed by atoms with Gasteiger partial charge < -0.3 is 10.1 Å². The Labute approximate surface area is 132 Å². The van der Waals surface area contributed by atoms with Gasteiger partial charge in [-0.05, 0) is 38.8 Å². The number of amides is 1. The average molecular weight is 328 g/mol. The quantitative estimate of drug-likeness (QED) is 0.841. The Morgan fingerprint density at radius 1 is 1.23 bits per heavy atom. The number of ether oxygens (including phenoxy) is 1. The molecule has 0 spiro atoms. The van der Waals surface area contributed by atoms with Gasteiger partial charge in [0.1, 0.15) is 5.60 Å². The number of hydrogen-bond acceptors (Lipinski definition) is 4. The molecule has 0 fully saturated rings. The first-order valence-corrected chi connectivity index (χ1v) is 8.83. The SMILES string of the molecule is CCCS(=O)(=O)Nc1ccccc1CNC(=O)OC(C)(C)C. The predicted molar refractivity (Wildman–Crippen MR) is 87.2 cm³/mol. The minimum absolute atomic E-state index is 0.0564. The molecule has 0 radical (unpaired) electrons. The van der Waals surface area contributed by atoms with Crippen LogP contribution in [0.4, 0.5) is 10.5 Å². The number of para-hydroxylation sites is 1. The third kappa shape index (κ3) is 6.80. The van der Waals surface area contributed by atoms with E-state index in [1.54, 1.807) is 52.0 Å². The lowest BCUT2D eigenvalue weighted by molar-refractivity contribution is 0.0523. The summed E-state index contributed by atoms with van der Waals surface area (Å²) in [5.74, 6) is 0.0564. The zero-order valence-corrected chi connectivity index (χ0v) is 14.3. The zero-order valence-electron chi connectivity index (χ0n) is 13.5. The molecular formula is C15H24N2O4S. The fourth-order valence-corrected chi connectivity index (χ4v) is 2.92. The van der Waals surface area contributed by atoms with Crippen LogP contribution >= 0.6 is 0 Å². The standard InChI is InChI=1S/C15H24N2O4S/c1-5-10-22(19,20)17-13-9-7-6-8-12(13)11-16-14(18)21-15(2,3)4/h6-9,17H,5,10-11H2,1-4H3,(H,16,18). The number of nitrogens with one attached hydrogen (secondary N) is 2. The van der Waals surface area contributed by atoms with Crippen molar-refractivity contribution < 1.29 is 17.9 Å². The van der Waals surface area contributed by atoms with Gasteiger partial charge in [-0.15, -0.1) is 0 Å². The maximum Gasteiger partial charge on any atom is 0.407 e. The smallest absolute Gasteiger partial charge is 0.407 e. The second kappa shape index (κ2) is 7.49. The first-order valence-electron chi connectivity index (χ1n) is 7.18. The lowest BCUT2D eigenvalue weighted by atomic mass is 10.2. The molecule has 0 saturated carbocycles. The molecule has 124 valence electrons. The van der Waals surface area contributed by atoms with Crippen LogP contribution in [-0.2, 0) is 21.3 Å². The van der Waals surface area contributed by atoms with Crippen molar-refractivity contribution in [1.29, 1.82) is 0 Å². The minimum atomic E-state index is -3.37. The van der Waals surface area contributed by atoms with Crippen molar-refractivity contribution in [3.05, 3.63) is 29.8 Å². The van der Waals surface area contributed by atoms with Crippen molar-refractivity contribution >= 4 is 21.8 Å². The van der Waals surface area contributed by atoms with Gasteiger partial charge in [0.05, 0.1) is 11.4 Å². The summed E-state index contributed by atoms with van der Waals surface area (Å²) in [4.78, 5) is 11.7. The summed E-state index contributed by atoms with van der Waals surface area (Å²) in [7, 11) is -3.37. The highest BCUT2D eigenvalue weighted by Crippen LogP contribution is 2.17. The highest BCUT2D eigenvalue weighted by molar-refractivity contribution is 7.92. The fourth-order valence-electron chi connectivity index (χ4n) is 1.74. The number of alkyl carbamates (subject to hydrolysis) is 1. The van der Waals surface area contributed by atoms with Crippen LogP contribution in [0.3, 0.4) is 0 Å². The molecule has 0 atom stereocenters. The van der Waals surface area contributed by atoms with Crippen molar-refractivity contribution in [3.8, 4) is 0 Å². The highest BCUT2D eigenvalue weighted by atomic mass is 32.2. The molecule has 0 unspecified atom stereocenters. The molecule has 22 heavy (non-hydrogen) atoms. The molecule has 0 aromatic heterocycles. The van der Waals surface area contributed by atoms with Gasteiger partial charge in [-0.3, -0.25) is 4.72 Å². The van der Waals surface area contributed by atoms with Gasteiger partial charge in [-0.1, -0.05) is 25.1 Å². The third-order valence-corrected chi connectivity index (χ3v) is 4.05. The molecular weight excluding hydrogens is 304 g/mol. The van der Waals surface area contributed by atoms with Crippen LogP contribution in [0.2, 0.25) is 0 Å². The second-order valence-corrected chi connectivity index (χ2v) is 7.78.